The second-order valence-electron chi connectivity index (χ2n) is 11.7. The molecule has 214 valence electrons. The predicted octanol–water partition coefficient (Wildman–Crippen LogP) is 2.68. The van der Waals surface area contributed by atoms with Gasteiger partial charge in [-0.15, -0.1) is 0 Å². The van der Waals surface area contributed by atoms with Crippen LogP contribution in [0, 0.1) is 11.8 Å². The van der Waals surface area contributed by atoms with Crippen molar-refractivity contribution in [1.82, 2.24) is 19.6 Å². The van der Waals surface area contributed by atoms with E-state index in [-0.39, 0.29) is 25.4 Å². The lowest BCUT2D eigenvalue weighted by Crippen LogP contribution is -2.51. The van der Waals surface area contributed by atoms with E-state index in [1.807, 2.05) is 0 Å². The van der Waals surface area contributed by atoms with E-state index in [0.717, 1.165) is 90.9 Å². The Morgan fingerprint density at radius 3 is 1.44 bits per heavy atom. The van der Waals surface area contributed by atoms with Gasteiger partial charge < -0.3 is 14.9 Å². The van der Waals surface area contributed by atoms with Crippen molar-refractivity contribution in [3.8, 4) is 0 Å². The maximum Gasteiger partial charge on any atom is 0.147 e. The molecule has 2 atom stereocenters. The van der Waals surface area contributed by atoms with Crippen LogP contribution in [-0.2, 0) is 14.4 Å². The standard InChI is InChI=1S/C14H26N2O2.C14H24N2O2.4H2/c2*1-11(17)14(12-3-7-15(2)8-4-12)16-9-5-13(18)6-10-16;;;;/h12-14,18H,3-10H2,1-2H3;12,14H,3-10H2,1-2H3;4*1H/i;;3*1+1D;1+1. The first-order chi connectivity index (χ1) is 20.2. The fraction of sp³-hybridized carbons (Fsp3) is 0.893. The molecule has 0 bridgehead atoms. The number of aliphatic hydroxyl groups excluding tert-OH is 1. The second kappa shape index (κ2) is 14.1. The third-order valence-corrected chi connectivity index (χ3v) is 8.89. The maximum absolute atomic E-state index is 12.0. The van der Waals surface area contributed by atoms with Gasteiger partial charge in [0.1, 0.15) is 17.3 Å². The Labute approximate surface area is 229 Å². The summed E-state index contributed by atoms with van der Waals surface area (Å²) in [6.07, 6.45) is 7.17. The first-order valence-corrected chi connectivity index (χ1v) is 14.2. The molecule has 0 aliphatic carbocycles. The number of piperidine rings is 4. The molecule has 0 aromatic carbocycles. The molecular weight excluding hydrogens is 456 g/mol. The molecule has 4 rings (SSSR count). The van der Waals surface area contributed by atoms with Crippen molar-refractivity contribution < 1.29 is 29.8 Å². The summed E-state index contributed by atoms with van der Waals surface area (Å²) in [4.78, 5) is 44.5. The van der Waals surface area contributed by atoms with Crippen LogP contribution in [0.15, 0.2) is 0 Å². The summed E-state index contributed by atoms with van der Waals surface area (Å²) in [5.74, 6) is 1.91. The molecule has 8 heteroatoms. The fourth-order valence-corrected chi connectivity index (χ4v) is 6.68. The Morgan fingerprint density at radius 2 is 1.08 bits per heavy atom. The van der Waals surface area contributed by atoms with Crippen molar-refractivity contribution in [2.75, 3.05) is 66.5 Å². The van der Waals surface area contributed by atoms with Crippen LogP contribution in [0.3, 0.4) is 0 Å². The number of nitrogens with zero attached hydrogens (tertiary/aromatic N) is 4. The summed E-state index contributed by atoms with van der Waals surface area (Å²) in [7, 11) is 4.29. The van der Waals surface area contributed by atoms with Gasteiger partial charge in [-0.25, -0.2) is 0 Å². The smallest absolute Gasteiger partial charge is 0.147 e. The highest BCUT2D eigenvalue weighted by Gasteiger charge is 2.36. The third-order valence-electron chi connectivity index (χ3n) is 8.89. The van der Waals surface area contributed by atoms with Gasteiger partial charge in [0.15, 0.2) is 0 Å². The van der Waals surface area contributed by atoms with E-state index < -0.39 is 0 Å². The zero-order valence-corrected chi connectivity index (χ0v) is 23.2. The fourth-order valence-electron chi connectivity index (χ4n) is 6.68. The van der Waals surface area contributed by atoms with Gasteiger partial charge in [-0.3, -0.25) is 24.2 Å². The highest BCUT2D eigenvalue weighted by Crippen LogP contribution is 2.27. The van der Waals surface area contributed by atoms with Crippen LogP contribution >= 0.6 is 0 Å². The highest BCUT2D eigenvalue weighted by molar-refractivity contribution is 5.83. The Morgan fingerprint density at radius 1 is 0.722 bits per heavy atom. The molecule has 4 fully saturated rings. The molecule has 0 aromatic rings. The van der Waals surface area contributed by atoms with Gasteiger partial charge in [-0.2, -0.15) is 0 Å². The minimum absolute atomic E-state index is 0. The quantitative estimate of drug-likeness (QED) is 0.571. The Balaban J connectivity index is 0. The van der Waals surface area contributed by atoms with Crippen LogP contribution in [0.1, 0.15) is 75.5 Å². The minimum atomic E-state index is -0.161. The SMILES string of the molecule is CC(=O)C(C1CCN(C)CC1)N1CCC(=O)CC1.CC(=O)C(C1CCN(C)CC1)N1CCC(O)CC1.[2HH].[2H][2H].[2H][2H].[2H][2H]. The van der Waals surface area contributed by atoms with Crippen molar-refractivity contribution in [3.05, 3.63) is 0 Å². The molecule has 1 N–H and O–H groups in total. The van der Waals surface area contributed by atoms with Crippen LogP contribution in [-0.4, -0.2) is 127 Å². The number of ketones is 3. The number of carbonyl (C=O) groups excluding carboxylic acids is 3. The van der Waals surface area contributed by atoms with Crippen molar-refractivity contribution in [2.24, 2.45) is 11.8 Å². The highest BCUT2D eigenvalue weighted by atomic mass is 16.3. The summed E-state index contributed by atoms with van der Waals surface area (Å²) >= 11 is 0. The number of hydrogen-bond acceptors (Lipinski definition) is 8. The minimum Gasteiger partial charge on any atom is -0.393 e. The van der Waals surface area contributed by atoms with Crippen LogP contribution in [0.4, 0.5) is 0 Å². The Kier molecular flexibility index (Phi) is 9.83. The lowest BCUT2D eigenvalue weighted by Gasteiger charge is -2.41. The lowest BCUT2D eigenvalue weighted by molar-refractivity contribution is -0.129. The molecule has 0 amide bonds. The molecule has 0 saturated carbocycles. The molecule has 36 heavy (non-hydrogen) atoms. The first-order valence-electron chi connectivity index (χ1n) is 17.2. The average molecular weight is 522 g/mol. The zero-order valence-electron chi connectivity index (χ0n) is 29.2. The largest absolute Gasteiger partial charge is 0.393 e. The molecule has 4 aliphatic heterocycles. The van der Waals surface area contributed by atoms with Crippen LogP contribution in [0.2, 0.25) is 0 Å². The number of aliphatic hydroxyl groups is 1. The molecular formula is C28H58N4O4. The summed E-state index contributed by atoms with van der Waals surface area (Å²) in [6, 6.07) is 0.137. The van der Waals surface area contributed by atoms with Crippen LogP contribution in [0.25, 0.3) is 0 Å². The van der Waals surface area contributed by atoms with Gasteiger partial charge in [-0.1, -0.05) is 0 Å². The van der Waals surface area contributed by atoms with Gasteiger partial charge >= 0.3 is 0 Å². The van der Waals surface area contributed by atoms with Crippen molar-refractivity contribution >= 4 is 17.3 Å². The average Bonchev–Trinajstić information content (AvgIpc) is 3.00. The lowest BCUT2D eigenvalue weighted by atomic mass is 9.85. The van der Waals surface area contributed by atoms with E-state index in [1.54, 1.807) is 13.8 Å². The number of carbonyl (C=O) groups is 3. The van der Waals surface area contributed by atoms with Crippen molar-refractivity contribution in [2.45, 2.75) is 83.4 Å². The maximum atomic E-state index is 12.0. The van der Waals surface area contributed by atoms with Gasteiger partial charge in [0, 0.05) is 49.4 Å². The molecule has 4 aliphatic rings. The third kappa shape index (κ3) is 8.42. The van der Waals surface area contributed by atoms with E-state index >= 15 is 0 Å². The van der Waals surface area contributed by atoms with E-state index in [4.69, 9.17) is 8.91 Å². The van der Waals surface area contributed by atoms with Crippen LogP contribution in [0.5, 0.6) is 0 Å². The second-order valence-corrected chi connectivity index (χ2v) is 11.7. The molecule has 8 nitrogen and oxygen atoms in total. The first kappa shape index (κ1) is 25.1. The normalized spacial score (nSPS) is 27.4. The van der Waals surface area contributed by atoms with Gasteiger partial charge in [0.05, 0.1) is 18.2 Å². The van der Waals surface area contributed by atoms with Crippen molar-refractivity contribution in [3.63, 3.8) is 0 Å². The van der Waals surface area contributed by atoms with Crippen LogP contribution < -0.4 is 0 Å². The molecule has 2 unspecified atom stereocenters. The molecule has 0 aromatic heterocycles. The zero-order chi connectivity index (χ0) is 32.2. The van der Waals surface area contributed by atoms with E-state index in [9.17, 15) is 19.5 Å². The Bertz CT molecular complexity index is 719. The monoisotopic (exact) mass is 521 g/mol. The molecule has 0 spiro atoms. The summed E-state index contributed by atoms with van der Waals surface area (Å²) in [5.41, 5.74) is 0. The molecule has 0 radical (unpaired) electrons. The number of likely N-dealkylation sites (tertiary alicyclic amines) is 4. The van der Waals surface area contributed by atoms with E-state index in [0.29, 0.717) is 36.2 Å². The van der Waals surface area contributed by atoms with Gasteiger partial charge in [0.25, 0.3) is 0 Å². The Hall–Kier alpha value is -1.19. The van der Waals surface area contributed by atoms with E-state index in [1.165, 1.54) is 0 Å². The summed E-state index contributed by atoms with van der Waals surface area (Å²) < 4.78 is 30.0. The van der Waals surface area contributed by atoms with Gasteiger partial charge in [-0.05, 0) is 104 Å². The number of hydrogen-bond donors (Lipinski definition) is 1. The molecule has 4 saturated heterocycles. The number of rotatable bonds is 6. The van der Waals surface area contributed by atoms with Crippen molar-refractivity contribution in [1.29, 1.82) is 0 Å². The topological polar surface area (TPSA) is 84.4 Å². The van der Waals surface area contributed by atoms with E-state index in [2.05, 4.69) is 33.7 Å². The molecule has 4 heterocycles. The van der Waals surface area contributed by atoms with Gasteiger partial charge in [0.2, 0.25) is 0 Å². The number of Topliss-reactive ketones (excluding diaryl/α,β-unsaturated/α-hetero) is 3. The predicted molar refractivity (Wildman–Crippen MR) is 150 cm³/mol. The summed E-state index contributed by atoms with van der Waals surface area (Å²) in [6.45, 7) is 11.1. The summed E-state index contributed by atoms with van der Waals surface area (Å²) in [5, 5.41) is 9.57.